The van der Waals surface area contributed by atoms with E-state index >= 15 is 0 Å². The van der Waals surface area contributed by atoms with E-state index in [1.807, 2.05) is 0 Å². The zero-order chi connectivity index (χ0) is 19.0. The van der Waals surface area contributed by atoms with E-state index in [-0.39, 0.29) is 0 Å². The van der Waals surface area contributed by atoms with E-state index in [1.54, 1.807) is 0 Å². The van der Waals surface area contributed by atoms with Crippen molar-refractivity contribution in [2.75, 3.05) is 0 Å². The average Bonchev–Trinajstić information content (AvgIpc) is 2.79. The SMILES string of the molecule is C(=C/[As](c1ccccc1)c1ccccc1)/[As](c1ccccc1)c1ccccc1. The van der Waals surface area contributed by atoms with Gasteiger partial charge < -0.3 is 0 Å². The molecule has 136 valence electrons. The molecule has 0 spiro atoms. The van der Waals surface area contributed by atoms with Crippen molar-refractivity contribution in [2.45, 2.75) is 0 Å². The molecular weight excluding hydrogens is 462 g/mol. The third kappa shape index (κ3) is 4.77. The zero-order valence-electron chi connectivity index (χ0n) is 15.6. The fourth-order valence-corrected chi connectivity index (χ4v) is 13.4. The van der Waals surface area contributed by atoms with Gasteiger partial charge in [0.05, 0.1) is 0 Å². The van der Waals surface area contributed by atoms with Crippen LogP contribution in [0.25, 0.3) is 0 Å². The van der Waals surface area contributed by atoms with Gasteiger partial charge >= 0.3 is 178 Å². The van der Waals surface area contributed by atoms with Crippen LogP contribution in [0, 0.1) is 0 Å². The van der Waals surface area contributed by atoms with Gasteiger partial charge in [0.1, 0.15) is 0 Å². The van der Waals surface area contributed by atoms with Crippen molar-refractivity contribution in [1.82, 2.24) is 0 Å². The standard InChI is InChI=1S/C26H22As2/c1-5-13-23(14-6-1)27(24-15-7-2-8-16-24)21-22-28(25-17-9-3-10-18-25)26-19-11-4-12-20-26/h1-22H/b22-21-. The molecule has 0 bridgehead atoms. The first-order valence-corrected chi connectivity index (χ1v) is 15.3. The van der Waals surface area contributed by atoms with Crippen molar-refractivity contribution in [3.8, 4) is 0 Å². The Bertz CT molecular complexity index is 833. The van der Waals surface area contributed by atoms with Crippen LogP contribution >= 0.6 is 0 Å². The van der Waals surface area contributed by atoms with Crippen molar-refractivity contribution in [3.05, 3.63) is 131 Å². The summed E-state index contributed by atoms with van der Waals surface area (Å²) in [7, 11) is 0. The fourth-order valence-electron chi connectivity index (χ4n) is 3.13. The van der Waals surface area contributed by atoms with Gasteiger partial charge in [-0.2, -0.15) is 0 Å². The minimum absolute atomic E-state index is 1.48. The van der Waals surface area contributed by atoms with Crippen LogP contribution in [0.2, 0.25) is 0 Å². The molecule has 0 unspecified atom stereocenters. The Hall–Kier alpha value is -2.26. The second kappa shape index (κ2) is 9.79. The number of hydrogen-bond acceptors (Lipinski definition) is 0. The third-order valence-electron chi connectivity index (χ3n) is 4.50. The first-order chi connectivity index (χ1) is 13.9. The summed E-state index contributed by atoms with van der Waals surface area (Å²) in [6.07, 6.45) is 0. The first kappa shape index (κ1) is 19.1. The minimum atomic E-state index is -1.48. The van der Waals surface area contributed by atoms with Gasteiger partial charge in [0.2, 0.25) is 0 Å². The van der Waals surface area contributed by atoms with Gasteiger partial charge in [0.15, 0.2) is 0 Å². The molecule has 0 aliphatic carbocycles. The van der Waals surface area contributed by atoms with E-state index in [0.717, 1.165) is 0 Å². The second-order valence-corrected chi connectivity index (χ2v) is 15.1. The Kier molecular flexibility index (Phi) is 6.67. The molecular formula is C26H22As2. The van der Waals surface area contributed by atoms with Gasteiger partial charge in [-0.1, -0.05) is 0 Å². The summed E-state index contributed by atoms with van der Waals surface area (Å²) in [6, 6.07) is 44.1. The molecule has 0 nitrogen and oxygen atoms in total. The summed E-state index contributed by atoms with van der Waals surface area (Å²) in [5.74, 6) is 0. The Balaban J connectivity index is 1.75. The van der Waals surface area contributed by atoms with Crippen LogP contribution in [0.4, 0.5) is 0 Å². The van der Waals surface area contributed by atoms with Gasteiger partial charge in [-0.25, -0.2) is 0 Å². The molecule has 0 saturated heterocycles. The van der Waals surface area contributed by atoms with Crippen LogP contribution in [0.1, 0.15) is 0 Å². The molecule has 4 rings (SSSR count). The second-order valence-electron chi connectivity index (χ2n) is 6.38. The predicted molar refractivity (Wildman–Crippen MR) is 125 cm³/mol. The van der Waals surface area contributed by atoms with Gasteiger partial charge in [0.25, 0.3) is 0 Å². The number of benzene rings is 4. The van der Waals surface area contributed by atoms with Crippen LogP contribution in [-0.2, 0) is 0 Å². The van der Waals surface area contributed by atoms with Crippen molar-refractivity contribution in [2.24, 2.45) is 0 Å². The molecule has 0 atom stereocenters. The first-order valence-electron chi connectivity index (χ1n) is 9.39. The molecule has 0 amide bonds. The van der Waals surface area contributed by atoms with Gasteiger partial charge in [0, 0.05) is 0 Å². The molecule has 0 aliphatic rings. The zero-order valence-corrected chi connectivity index (χ0v) is 19.3. The van der Waals surface area contributed by atoms with E-state index in [9.17, 15) is 0 Å². The molecule has 0 heterocycles. The Morgan fingerprint density at radius 2 is 0.536 bits per heavy atom. The summed E-state index contributed by atoms with van der Waals surface area (Å²) in [5, 5.41) is 0. The van der Waals surface area contributed by atoms with Gasteiger partial charge in [-0.15, -0.1) is 0 Å². The van der Waals surface area contributed by atoms with Crippen molar-refractivity contribution >= 4 is 46.7 Å². The van der Waals surface area contributed by atoms with Gasteiger partial charge in [-0.3, -0.25) is 0 Å². The van der Waals surface area contributed by atoms with E-state index in [0.29, 0.717) is 0 Å². The maximum atomic E-state index is 2.57. The normalized spacial score (nSPS) is 11.4. The predicted octanol–water partition coefficient (Wildman–Crippen LogP) is 3.24. The van der Waals surface area contributed by atoms with E-state index in [4.69, 9.17) is 0 Å². The average molecular weight is 484 g/mol. The fraction of sp³-hybridized carbons (Fsp3) is 0. The van der Waals surface area contributed by atoms with Crippen molar-refractivity contribution in [1.29, 1.82) is 0 Å². The Morgan fingerprint density at radius 1 is 0.321 bits per heavy atom. The molecule has 0 radical (unpaired) electrons. The quantitative estimate of drug-likeness (QED) is 0.369. The number of hydrogen-bond donors (Lipinski definition) is 0. The van der Waals surface area contributed by atoms with Crippen LogP contribution in [-0.4, -0.2) is 29.3 Å². The Morgan fingerprint density at radius 3 is 0.750 bits per heavy atom. The summed E-state index contributed by atoms with van der Waals surface area (Å²) in [5.41, 5.74) is 0. The molecule has 0 fully saturated rings. The van der Waals surface area contributed by atoms with E-state index in [2.05, 4.69) is 131 Å². The summed E-state index contributed by atoms with van der Waals surface area (Å²) >= 11 is -2.96. The van der Waals surface area contributed by atoms with Crippen LogP contribution in [0.5, 0.6) is 0 Å². The molecule has 2 heteroatoms. The van der Waals surface area contributed by atoms with Gasteiger partial charge in [-0.05, 0) is 0 Å². The molecule has 28 heavy (non-hydrogen) atoms. The molecule has 4 aromatic carbocycles. The third-order valence-corrected chi connectivity index (χ3v) is 14.7. The Labute approximate surface area is 177 Å². The topological polar surface area (TPSA) is 0 Å². The van der Waals surface area contributed by atoms with E-state index < -0.39 is 29.3 Å². The monoisotopic (exact) mass is 484 g/mol. The summed E-state index contributed by atoms with van der Waals surface area (Å²) in [6.45, 7) is 0. The summed E-state index contributed by atoms with van der Waals surface area (Å²) in [4.78, 5) is 5.13. The van der Waals surface area contributed by atoms with Crippen LogP contribution < -0.4 is 17.4 Å². The molecule has 0 aliphatic heterocycles. The molecule has 0 saturated carbocycles. The molecule has 4 aromatic rings. The van der Waals surface area contributed by atoms with Crippen LogP contribution in [0.3, 0.4) is 0 Å². The van der Waals surface area contributed by atoms with Crippen molar-refractivity contribution in [3.63, 3.8) is 0 Å². The van der Waals surface area contributed by atoms with Crippen molar-refractivity contribution < 1.29 is 0 Å². The molecule has 0 aromatic heterocycles. The molecule has 0 N–H and O–H groups in total. The maximum absolute atomic E-state index is 2.57. The summed E-state index contributed by atoms with van der Waals surface area (Å²) < 4.78 is 5.92. The van der Waals surface area contributed by atoms with Crippen LogP contribution in [0.15, 0.2) is 131 Å². The number of rotatable bonds is 6. The van der Waals surface area contributed by atoms with E-state index in [1.165, 1.54) is 17.4 Å².